The standard InChI is InChI=1S/C12H15N/c1-5-11(13)12-9(3)6-8(2)7-10(12)4/h1,6-7,11H,13H2,2-4H3. The van der Waals surface area contributed by atoms with Gasteiger partial charge in [0.1, 0.15) is 0 Å². The summed E-state index contributed by atoms with van der Waals surface area (Å²) in [5, 5.41) is 0. The van der Waals surface area contributed by atoms with Gasteiger partial charge in [0.2, 0.25) is 0 Å². The Bertz CT molecular complexity index is 335. The fraction of sp³-hybridized carbons (Fsp3) is 0.333. The molecule has 1 heteroatoms. The summed E-state index contributed by atoms with van der Waals surface area (Å²) in [7, 11) is 0. The maximum Gasteiger partial charge on any atom is 0.0923 e. The van der Waals surface area contributed by atoms with Crippen molar-refractivity contribution in [3.05, 3.63) is 34.4 Å². The van der Waals surface area contributed by atoms with Gasteiger partial charge in [0.25, 0.3) is 0 Å². The third-order valence-electron chi connectivity index (χ3n) is 2.23. The minimum atomic E-state index is -0.277. The summed E-state index contributed by atoms with van der Waals surface area (Å²) in [5.41, 5.74) is 10.5. The highest BCUT2D eigenvalue weighted by Crippen LogP contribution is 2.21. The van der Waals surface area contributed by atoms with Crippen molar-refractivity contribution in [2.45, 2.75) is 26.8 Å². The van der Waals surface area contributed by atoms with E-state index in [9.17, 15) is 0 Å². The largest absolute Gasteiger partial charge is 0.314 e. The predicted molar refractivity (Wildman–Crippen MR) is 56.4 cm³/mol. The molecule has 0 radical (unpaired) electrons. The number of nitrogens with two attached hydrogens (primary N) is 1. The second-order valence-corrected chi connectivity index (χ2v) is 3.46. The van der Waals surface area contributed by atoms with Crippen molar-refractivity contribution in [2.75, 3.05) is 0 Å². The molecule has 0 amide bonds. The summed E-state index contributed by atoms with van der Waals surface area (Å²) in [6.07, 6.45) is 5.30. The molecular weight excluding hydrogens is 158 g/mol. The summed E-state index contributed by atoms with van der Waals surface area (Å²) in [5.74, 6) is 2.56. The van der Waals surface area contributed by atoms with Crippen molar-refractivity contribution in [1.29, 1.82) is 0 Å². The molecule has 0 aliphatic carbocycles. The van der Waals surface area contributed by atoms with Crippen LogP contribution in [0.15, 0.2) is 12.1 Å². The molecule has 0 fully saturated rings. The molecule has 1 aromatic carbocycles. The van der Waals surface area contributed by atoms with Crippen molar-refractivity contribution in [1.82, 2.24) is 0 Å². The van der Waals surface area contributed by atoms with Gasteiger partial charge in [0.15, 0.2) is 0 Å². The molecule has 1 nitrogen and oxygen atoms in total. The van der Waals surface area contributed by atoms with Gasteiger partial charge in [-0.3, -0.25) is 0 Å². The Kier molecular flexibility index (Phi) is 2.75. The average Bonchev–Trinajstić information content (AvgIpc) is 2.02. The van der Waals surface area contributed by atoms with Gasteiger partial charge in [-0.1, -0.05) is 23.6 Å². The Morgan fingerprint density at radius 2 is 1.69 bits per heavy atom. The Labute approximate surface area is 80.0 Å². The van der Waals surface area contributed by atoms with Crippen LogP contribution in [0.3, 0.4) is 0 Å². The van der Waals surface area contributed by atoms with Gasteiger partial charge >= 0.3 is 0 Å². The molecular formula is C12H15N. The number of benzene rings is 1. The maximum absolute atomic E-state index is 5.81. The fourth-order valence-corrected chi connectivity index (χ4v) is 1.77. The monoisotopic (exact) mass is 173 g/mol. The molecule has 0 heterocycles. The molecule has 0 aromatic heterocycles. The molecule has 1 unspecified atom stereocenters. The SMILES string of the molecule is C#CC(N)c1c(C)cc(C)cc1C. The van der Waals surface area contributed by atoms with E-state index in [-0.39, 0.29) is 6.04 Å². The van der Waals surface area contributed by atoms with Crippen LogP contribution in [0.1, 0.15) is 28.3 Å². The van der Waals surface area contributed by atoms with E-state index in [1.807, 2.05) is 13.8 Å². The summed E-state index contributed by atoms with van der Waals surface area (Å²) < 4.78 is 0. The van der Waals surface area contributed by atoms with Crippen molar-refractivity contribution < 1.29 is 0 Å². The lowest BCUT2D eigenvalue weighted by molar-refractivity contribution is 0.917. The quantitative estimate of drug-likeness (QED) is 0.648. The van der Waals surface area contributed by atoms with E-state index in [2.05, 4.69) is 25.0 Å². The third-order valence-corrected chi connectivity index (χ3v) is 2.23. The molecule has 13 heavy (non-hydrogen) atoms. The number of aryl methyl sites for hydroxylation is 3. The van der Waals surface area contributed by atoms with Crippen LogP contribution in [0.5, 0.6) is 0 Å². The van der Waals surface area contributed by atoms with Crippen LogP contribution in [-0.2, 0) is 0 Å². The van der Waals surface area contributed by atoms with E-state index in [0.717, 1.165) is 5.56 Å². The van der Waals surface area contributed by atoms with Crippen LogP contribution < -0.4 is 5.73 Å². The van der Waals surface area contributed by atoms with Crippen molar-refractivity contribution in [2.24, 2.45) is 5.73 Å². The van der Waals surface area contributed by atoms with E-state index in [0.29, 0.717) is 0 Å². The smallest absolute Gasteiger partial charge is 0.0923 e. The van der Waals surface area contributed by atoms with E-state index in [4.69, 9.17) is 12.2 Å². The molecule has 0 spiro atoms. The molecule has 0 aliphatic rings. The highest BCUT2D eigenvalue weighted by Gasteiger charge is 2.09. The zero-order valence-corrected chi connectivity index (χ0v) is 8.39. The molecule has 0 bridgehead atoms. The molecule has 1 atom stereocenters. The van der Waals surface area contributed by atoms with Gasteiger partial charge in [-0.05, 0) is 37.5 Å². The Morgan fingerprint density at radius 1 is 1.23 bits per heavy atom. The Balaban J connectivity index is 3.30. The van der Waals surface area contributed by atoms with Crippen molar-refractivity contribution in [3.8, 4) is 12.3 Å². The van der Waals surface area contributed by atoms with Gasteiger partial charge in [0, 0.05) is 0 Å². The minimum absolute atomic E-state index is 0.277. The Morgan fingerprint density at radius 3 is 2.08 bits per heavy atom. The first-order chi connectivity index (χ1) is 6.06. The molecule has 0 aliphatic heterocycles. The lowest BCUT2D eigenvalue weighted by Gasteiger charge is -2.13. The summed E-state index contributed by atoms with van der Waals surface area (Å²) in [6, 6.07) is 3.94. The number of terminal acetylenes is 1. The first kappa shape index (κ1) is 9.83. The van der Waals surface area contributed by atoms with Gasteiger partial charge < -0.3 is 5.73 Å². The lowest BCUT2D eigenvalue weighted by Crippen LogP contribution is -2.11. The predicted octanol–water partition coefficient (Wildman–Crippen LogP) is 2.24. The minimum Gasteiger partial charge on any atom is -0.314 e. The van der Waals surface area contributed by atoms with Gasteiger partial charge in [-0.2, -0.15) is 0 Å². The number of hydrogen-bond acceptors (Lipinski definition) is 1. The fourth-order valence-electron chi connectivity index (χ4n) is 1.77. The third kappa shape index (κ3) is 1.91. The molecule has 0 saturated carbocycles. The van der Waals surface area contributed by atoms with Crippen LogP contribution in [0.2, 0.25) is 0 Å². The first-order valence-corrected chi connectivity index (χ1v) is 4.35. The zero-order valence-electron chi connectivity index (χ0n) is 8.39. The van der Waals surface area contributed by atoms with Crippen LogP contribution in [0.25, 0.3) is 0 Å². The van der Waals surface area contributed by atoms with Crippen molar-refractivity contribution >= 4 is 0 Å². The molecule has 1 rings (SSSR count). The van der Waals surface area contributed by atoms with Gasteiger partial charge in [-0.15, -0.1) is 6.42 Å². The highest BCUT2D eigenvalue weighted by molar-refractivity contribution is 5.42. The highest BCUT2D eigenvalue weighted by atomic mass is 14.6. The second kappa shape index (κ2) is 3.64. The Hall–Kier alpha value is -1.26. The zero-order chi connectivity index (χ0) is 10.0. The first-order valence-electron chi connectivity index (χ1n) is 4.35. The van der Waals surface area contributed by atoms with E-state index in [1.54, 1.807) is 0 Å². The second-order valence-electron chi connectivity index (χ2n) is 3.46. The van der Waals surface area contributed by atoms with Crippen LogP contribution >= 0.6 is 0 Å². The summed E-state index contributed by atoms with van der Waals surface area (Å²) in [4.78, 5) is 0. The summed E-state index contributed by atoms with van der Waals surface area (Å²) in [6.45, 7) is 6.17. The molecule has 68 valence electrons. The topological polar surface area (TPSA) is 26.0 Å². The average molecular weight is 173 g/mol. The summed E-state index contributed by atoms with van der Waals surface area (Å²) >= 11 is 0. The molecule has 0 saturated heterocycles. The number of rotatable bonds is 1. The van der Waals surface area contributed by atoms with Crippen LogP contribution in [0.4, 0.5) is 0 Å². The number of hydrogen-bond donors (Lipinski definition) is 1. The van der Waals surface area contributed by atoms with Gasteiger partial charge in [0.05, 0.1) is 6.04 Å². The normalized spacial score (nSPS) is 12.2. The van der Waals surface area contributed by atoms with E-state index >= 15 is 0 Å². The molecule has 2 N–H and O–H groups in total. The van der Waals surface area contributed by atoms with Crippen LogP contribution in [0, 0.1) is 33.1 Å². The van der Waals surface area contributed by atoms with Crippen LogP contribution in [-0.4, -0.2) is 0 Å². The lowest BCUT2D eigenvalue weighted by atomic mass is 9.95. The van der Waals surface area contributed by atoms with Gasteiger partial charge in [-0.25, -0.2) is 0 Å². The maximum atomic E-state index is 5.81. The van der Waals surface area contributed by atoms with E-state index < -0.39 is 0 Å². The van der Waals surface area contributed by atoms with E-state index in [1.165, 1.54) is 16.7 Å². The van der Waals surface area contributed by atoms with Crippen molar-refractivity contribution in [3.63, 3.8) is 0 Å². The molecule has 1 aromatic rings.